The van der Waals surface area contributed by atoms with Crippen molar-refractivity contribution in [3.63, 3.8) is 0 Å². The summed E-state index contributed by atoms with van der Waals surface area (Å²) < 4.78 is 0. The van der Waals surface area contributed by atoms with Gasteiger partial charge in [0.1, 0.15) is 0 Å². The van der Waals surface area contributed by atoms with Crippen molar-refractivity contribution in [2.45, 2.75) is 46.0 Å². The summed E-state index contributed by atoms with van der Waals surface area (Å²) in [5.41, 5.74) is 3.87. The van der Waals surface area contributed by atoms with E-state index in [0.717, 1.165) is 6.54 Å². The van der Waals surface area contributed by atoms with Crippen LogP contribution in [0.1, 0.15) is 44.6 Å². The van der Waals surface area contributed by atoms with Crippen LogP contribution in [0.15, 0.2) is 18.2 Å². The lowest BCUT2D eigenvalue weighted by Crippen LogP contribution is -2.09. The first-order valence-electron chi connectivity index (χ1n) is 7.17. The summed E-state index contributed by atoms with van der Waals surface area (Å²) in [6.45, 7) is 5.52. The molecule has 0 spiro atoms. The average Bonchev–Trinajstić information content (AvgIpc) is 2.35. The van der Waals surface area contributed by atoms with Gasteiger partial charge in [-0.05, 0) is 37.1 Å². The molecule has 18 heavy (non-hydrogen) atoms. The predicted molar refractivity (Wildman–Crippen MR) is 82.8 cm³/mol. The van der Waals surface area contributed by atoms with E-state index in [1.165, 1.54) is 49.0 Å². The van der Waals surface area contributed by atoms with Crippen molar-refractivity contribution in [2.75, 3.05) is 30.9 Å². The van der Waals surface area contributed by atoms with Crippen LogP contribution in [0.3, 0.4) is 0 Å². The molecule has 0 atom stereocenters. The molecule has 0 aliphatic carbocycles. The summed E-state index contributed by atoms with van der Waals surface area (Å²) in [4.78, 5) is 2.14. The molecule has 0 aliphatic heterocycles. The quantitative estimate of drug-likeness (QED) is 0.684. The van der Waals surface area contributed by atoms with Crippen LogP contribution >= 0.6 is 0 Å². The van der Waals surface area contributed by atoms with Gasteiger partial charge in [0.25, 0.3) is 0 Å². The van der Waals surface area contributed by atoms with E-state index in [1.54, 1.807) is 0 Å². The lowest BCUT2D eigenvalue weighted by atomic mass is 10.1. The van der Waals surface area contributed by atoms with Crippen molar-refractivity contribution < 1.29 is 0 Å². The first-order valence-corrected chi connectivity index (χ1v) is 7.17. The Hall–Kier alpha value is -1.18. The fraction of sp³-hybridized carbons (Fsp3) is 0.625. The van der Waals surface area contributed by atoms with Crippen LogP contribution in [-0.2, 0) is 0 Å². The third-order valence-corrected chi connectivity index (χ3v) is 3.32. The molecule has 2 heteroatoms. The molecular weight excluding hydrogens is 220 g/mol. The van der Waals surface area contributed by atoms with Gasteiger partial charge in [-0.2, -0.15) is 0 Å². The second-order valence-corrected chi connectivity index (χ2v) is 5.23. The molecule has 0 amide bonds. The maximum absolute atomic E-state index is 3.54. The molecule has 0 heterocycles. The Morgan fingerprint density at radius 2 is 1.78 bits per heavy atom. The number of hydrogen-bond donors (Lipinski definition) is 1. The highest BCUT2D eigenvalue weighted by Gasteiger charge is 2.00. The van der Waals surface area contributed by atoms with Gasteiger partial charge in [-0.3, -0.25) is 0 Å². The number of benzene rings is 1. The van der Waals surface area contributed by atoms with Gasteiger partial charge in [-0.15, -0.1) is 0 Å². The third-order valence-electron chi connectivity index (χ3n) is 3.32. The highest BCUT2D eigenvalue weighted by Crippen LogP contribution is 2.21. The molecule has 0 radical (unpaired) electrons. The summed E-state index contributed by atoms with van der Waals surface area (Å²) in [7, 11) is 4.16. The summed E-state index contributed by atoms with van der Waals surface area (Å²) in [6, 6.07) is 6.60. The van der Waals surface area contributed by atoms with Crippen molar-refractivity contribution in [1.82, 2.24) is 0 Å². The molecule has 1 aromatic carbocycles. The van der Waals surface area contributed by atoms with E-state index >= 15 is 0 Å². The van der Waals surface area contributed by atoms with Gasteiger partial charge in [0.15, 0.2) is 0 Å². The zero-order valence-electron chi connectivity index (χ0n) is 12.4. The highest BCUT2D eigenvalue weighted by atomic mass is 15.1. The van der Waals surface area contributed by atoms with E-state index in [0.29, 0.717) is 0 Å². The highest BCUT2D eigenvalue weighted by molar-refractivity contribution is 5.59. The molecule has 0 saturated carbocycles. The average molecular weight is 248 g/mol. The molecule has 0 unspecified atom stereocenters. The number of unbranched alkanes of at least 4 members (excludes halogenated alkanes) is 4. The fourth-order valence-corrected chi connectivity index (χ4v) is 2.08. The Balaban J connectivity index is 2.34. The van der Waals surface area contributed by atoms with Crippen molar-refractivity contribution >= 4 is 11.4 Å². The van der Waals surface area contributed by atoms with E-state index in [-0.39, 0.29) is 0 Å². The molecule has 1 N–H and O–H groups in total. The van der Waals surface area contributed by atoms with Crippen LogP contribution in [0.25, 0.3) is 0 Å². The summed E-state index contributed by atoms with van der Waals surface area (Å²) >= 11 is 0. The predicted octanol–water partition coefficient (Wildman–Crippen LogP) is 4.44. The summed E-state index contributed by atoms with van der Waals surface area (Å²) in [5.74, 6) is 0. The Morgan fingerprint density at radius 1 is 1.06 bits per heavy atom. The molecule has 0 saturated heterocycles. The summed E-state index contributed by atoms with van der Waals surface area (Å²) in [6.07, 6.45) is 6.68. The van der Waals surface area contributed by atoms with Gasteiger partial charge in [-0.25, -0.2) is 0 Å². The van der Waals surface area contributed by atoms with Gasteiger partial charge < -0.3 is 10.2 Å². The minimum absolute atomic E-state index is 1.09. The number of hydrogen-bond acceptors (Lipinski definition) is 2. The zero-order valence-corrected chi connectivity index (χ0v) is 12.4. The van der Waals surface area contributed by atoms with Crippen molar-refractivity contribution in [3.8, 4) is 0 Å². The molecule has 0 aromatic heterocycles. The van der Waals surface area contributed by atoms with Crippen LogP contribution in [0, 0.1) is 6.92 Å². The van der Waals surface area contributed by atoms with Crippen LogP contribution < -0.4 is 10.2 Å². The normalized spacial score (nSPS) is 10.4. The van der Waals surface area contributed by atoms with Crippen molar-refractivity contribution in [1.29, 1.82) is 0 Å². The van der Waals surface area contributed by atoms with Crippen LogP contribution in [0.4, 0.5) is 11.4 Å². The SMILES string of the molecule is CCCCCCCNc1ccc(N(C)C)cc1C. The van der Waals surface area contributed by atoms with E-state index < -0.39 is 0 Å². The Morgan fingerprint density at radius 3 is 2.39 bits per heavy atom. The minimum atomic E-state index is 1.09. The van der Waals surface area contributed by atoms with Crippen molar-refractivity contribution in [2.24, 2.45) is 0 Å². The second kappa shape index (κ2) is 8.02. The largest absolute Gasteiger partial charge is 0.385 e. The Kier molecular flexibility index (Phi) is 6.63. The lowest BCUT2D eigenvalue weighted by molar-refractivity contribution is 0.645. The molecule has 102 valence electrons. The zero-order chi connectivity index (χ0) is 13.4. The Bertz CT molecular complexity index is 345. The molecule has 2 nitrogen and oxygen atoms in total. The van der Waals surface area contributed by atoms with Gasteiger partial charge in [-0.1, -0.05) is 32.6 Å². The minimum Gasteiger partial charge on any atom is -0.385 e. The summed E-state index contributed by atoms with van der Waals surface area (Å²) in [5, 5.41) is 3.54. The van der Waals surface area contributed by atoms with Crippen LogP contribution in [0.2, 0.25) is 0 Å². The van der Waals surface area contributed by atoms with Gasteiger partial charge in [0.2, 0.25) is 0 Å². The van der Waals surface area contributed by atoms with Crippen LogP contribution in [-0.4, -0.2) is 20.6 Å². The number of aryl methyl sites for hydroxylation is 1. The number of nitrogens with one attached hydrogen (secondary N) is 1. The van der Waals surface area contributed by atoms with E-state index in [2.05, 4.69) is 56.4 Å². The standard InChI is InChI=1S/C16H28N2/c1-5-6-7-8-9-12-17-16-11-10-15(18(3)4)13-14(16)2/h10-11,13,17H,5-9,12H2,1-4H3. The topological polar surface area (TPSA) is 15.3 Å². The molecular formula is C16H28N2. The fourth-order valence-electron chi connectivity index (χ4n) is 2.08. The van der Waals surface area contributed by atoms with E-state index in [9.17, 15) is 0 Å². The maximum atomic E-state index is 3.54. The molecule has 0 bridgehead atoms. The lowest BCUT2D eigenvalue weighted by Gasteiger charge is -2.16. The molecule has 1 aromatic rings. The van der Waals surface area contributed by atoms with Crippen molar-refractivity contribution in [3.05, 3.63) is 23.8 Å². The first-order chi connectivity index (χ1) is 8.65. The van der Waals surface area contributed by atoms with E-state index in [1.807, 2.05) is 0 Å². The number of nitrogens with zero attached hydrogens (tertiary/aromatic N) is 1. The first kappa shape index (κ1) is 14.9. The van der Waals surface area contributed by atoms with Crippen LogP contribution in [0.5, 0.6) is 0 Å². The Labute approximate surface area is 112 Å². The monoisotopic (exact) mass is 248 g/mol. The maximum Gasteiger partial charge on any atom is 0.0371 e. The van der Waals surface area contributed by atoms with Gasteiger partial charge in [0.05, 0.1) is 0 Å². The smallest absolute Gasteiger partial charge is 0.0371 e. The second-order valence-electron chi connectivity index (χ2n) is 5.23. The van der Waals surface area contributed by atoms with Gasteiger partial charge >= 0.3 is 0 Å². The number of anilines is 2. The molecule has 0 fully saturated rings. The van der Waals surface area contributed by atoms with Gasteiger partial charge in [0, 0.05) is 32.0 Å². The molecule has 1 rings (SSSR count). The number of rotatable bonds is 8. The van der Waals surface area contributed by atoms with E-state index in [4.69, 9.17) is 0 Å². The third kappa shape index (κ3) is 4.99. The molecule has 0 aliphatic rings.